The third-order valence-corrected chi connectivity index (χ3v) is 2.81. The number of nitrogens with two attached hydrogens (primary N) is 1. The van der Waals surface area contributed by atoms with Crippen LogP contribution in [-0.2, 0) is 4.74 Å². The van der Waals surface area contributed by atoms with Gasteiger partial charge in [-0.15, -0.1) is 0 Å². The van der Waals surface area contributed by atoms with Gasteiger partial charge in [0.25, 0.3) is 0 Å². The van der Waals surface area contributed by atoms with Crippen molar-refractivity contribution in [1.82, 2.24) is 4.90 Å². The van der Waals surface area contributed by atoms with Gasteiger partial charge in [0.1, 0.15) is 5.60 Å². The zero-order chi connectivity index (χ0) is 12.4. The van der Waals surface area contributed by atoms with Crippen LogP contribution in [0, 0.1) is 0 Å². The van der Waals surface area contributed by atoms with Crippen molar-refractivity contribution in [2.45, 2.75) is 58.1 Å². The van der Waals surface area contributed by atoms with E-state index in [0.717, 1.165) is 19.3 Å². The Morgan fingerprint density at radius 1 is 1.44 bits per heavy atom. The number of nitrogens with zero attached hydrogens (tertiary/aromatic N) is 1. The lowest BCUT2D eigenvalue weighted by atomic mass is 10.2. The third-order valence-electron chi connectivity index (χ3n) is 2.81. The van der Waals surface area contributed by atoms with E-state index in [2.05, 4.69) is 0 Å². The van der Waals surface area contributed by atoms with Crippen LogP contribution in [0.5, 0.6) is 0 Å². The first kappa shape index (κ1) is 13.3. The predicted octanol–water partition coefficient (Wildman–Crippen LogP) is 2.12. The third kappa shape index (κ3) is 4.39. The molecule has 4 nitrogen and oxygen atoms in total. The lowest BCUT2D eigenvalue weighted by Crippen LogP contribution is -2.39. The zero-order valence-corrected chi connectivity index (χ0v) is 10.9. The quantitative estimate of drug-likeness (QED) is 0.802. The fourth-order valence-electron chi connectivity index (χ4n) is 1.47. The second-order valence-corrected chi connectivity index (χ2v) is 5.67. The molecule has 0 spiro atoms. The Hall–Kier alpha value is -0.770. The summed E-state index contributed by atoms with van der Waals surface area (Å²) in [6.45, 7) is 8.96. The van der Waals surface area contributed by atoms with Gasteiger partial charge in [0.15, 0.2) is 0 Å². The summed E-state index contributed by atoms with van der Waals surface area (Å²) in [4.78, 5) is 13.5. The summed E-state index contributed by atoms with van der Waals surface area (Å²) in [7, 11) is 0. The average molecular weight is 228 g/mol. The van der Waals surface area contributed by atoms with Crippen molar-refractivity contribution in [2.75, 3.05) is 13.1 Å². The Bertz CT molecular complexity index is 254. The molecule has 0 aliphatic heterocycles. The molecule has 0 bridgehead atoms. The molecule has 0 aromatic rings. The normalized spacial score (nSPS) is 18.1. The fourth-order valence-corrected chi connectivity index (χ4v) is 1.47. The molecule has 1 amide bonds. The van der Waals surface area contributed by atoms with Gasteiger partial charge in [-0.25, -0.2) is 4.79 Å². The van der Waals surface area contributed by atoms with E-state index in [4.69, 9.17) is 10.5 Å². The summed E-state index contributed by atoms with van der Waals surface area (Å²) in [6.07, 6.45) is 2.80. The first-order chi connectivity index (χ1) is 7.26. The van der Waals surface area contributed by atoms with Crippen molar-refractivity contribution in [3.63, 3.8) is 0 Å². The summed E-state index contributed by atoms with van der Waals surface area (Å²) < 4.78 is 5.32. The van der Waals surface area contributed by atoms with Gasteiger partial charge in [0.2, 0.25) is 0 Å². The van der Waals surface area contributed by atoms with E-state index in [9.17, 15) is 4.79 Å². The second kappa shape index (κ2) is 4.62. The standard InChI is InChI=1S/C12H24N2O2/c1-5-14(9-8-12(13)6-7-12)10(15)16-11(2,3)4/h5-9,13H2,1-4H3. The van der Waals surface area contributed by atoms with Crippen LogP contribution in [0.4, 0.5) is 4.79 Å². The van der Waals surface area contributed by atoms with Gasteiger partial charge >= 0.3 is 6.09 Å². The number of rotatable bonds is 4. The highest BCUT2D eigenvalue weighted by Crippen LogP contribution is 2.35. The first-order valence-corrected chi connectivity index (χ1v) is 6.02. The molecule has 1 fully saturated rings. The molecule has 0 aromatic heterocycles. The highest BCUT2D eigenvalue weighted by molar-refractivity contribution is 5.68. The van der Waals surface area contributed by atoms with Crippen molar-refractivity contribution in [1.29, 1.82) is 0 Å². The van der Waals surface area contributed by atoms with Crippen molar-refractivity contribution in [3.05, 3.63) is 0 Å². The fraction of sp³-hybridized carbons (Fsp3) is 0.917. The topological polar surface area (TPSA) is 55.6 Å². The van der Waals surface area contributed by atoms with E-state index >= 15 is 0 Å². The van der Waals surface area contributed by atoms with Gasteiger partial charge in [-0.05, 0) is 47.0 Å². The van der Waals surface area contributed by atoms with Gasteiger partial charge in [0.05, 0.1) is 0 Å². The van der Waals surface area contributed by atoms with E-state index in [1.54, 1.807) is 4.90 Å². The Morgan fingerprint density at radius 2 is 2.00 bits per heavy atom. The second-order valence-electron chi connectivity index (χ2n) is 5.67. The largest absolute Gasteiger partial charge is 0.444 e. The Morgan fingerprint density at radius 3 is 2.38 bits per heavy atom. The Labute approximate surface area is 98.1 Å². The zero-order valence-electron chi connectivity index (χ0n) is 10.9. The molecule has 0 unspecified atom stereocenters. The molecule has 4 heteroatoms. The van der Waals surface area contributed by atoms with Crippen molar-refractivity contribution in [3.8, 4) is 0 Å². The summed E-state index contributed by atoms with van der Waals surface area (Å²) in [5, 5.41) is 0. The molecule has 0 radical (unpaired) electrons. The lowest BCUT2D eigenvalue weighted by Gasteiger charge is -2.27. The molecular formula is C12H24N2O2. The molecule has 2 N–H and O–H groups in total. The van der Waals surface area contributed by atoms with Crippen LogP contribution in [0.1, 0.15) is 47.0 Å². The molecule has 0 aromatic carbocycles. The molecule has 1 aliphatic carbocycles. The molecule has 1 aliphatic rings. The number of carbonyl (C=O) groups excluding carboxylic acids is 1. The van der Waals surface area contributed by atoms with Crippen LogP contribution in [0.3, 0.4) is 0 Å². The van der Waals surface area contributed by atoms with E-state index in [1.807, 2.05) is 27.7 Å². The van der Waals surface area contributed by atoms with Crippen LogP contribution < -0.4 is 5.73 Å². The Balaban J connectivity index is 2.37. The lowest BCUT2D eigenvalue weighted by molar-refractivity contribution is 0.0254. The molecule has 0 saturated heterocycles. The minimum absolute atomic E-state index is 0.00453. The van der Waals surface area contributed by atoms with E-state index in [1.165, 1.54) is 0 Å². The maximum atomic E-state index is 11.8. The van der Waals surface area contributed by atoms with E-state index in [-0.39, 0.29) is 11.6 Å². The van der Waals surface area contributed by atoms with Crippen molar-refractivity contribution >= 4 is 6.09 Å². The molecule has 16 heavy (non-hydrogen) atoms. The van der Waals surface area contributed by atoms with Gasteiger partial charge in [0, 0.05) is 18.6 Å². The number of amides is 1. The average Bonchev–Trinajstić information content (AvgIpc) is 2.82. The van der Waals surface area contributed by atoms with Crippen molar-refractivity contribution < 1.29 is 9.53 Å². The van der Waals surface area contributed by atoms with Gasteiger partial charge < -0.3 is 15.4 Å². The van der Waals surface area contributed by atoms with Gasteiger partial charge in [-0.1, -0.05) is 0 Å². The predicted molar refractivity (Wildman–Crippen MR) is 64.3 cm³/mol. The van der Waals surface area contributed by atoms with E-state index in [0.29, 0.717) is 13.1 Å². The molecule has 1 saturated carbocycles. The monoisotopic (exact) mass is 228 g/mol. The van der Waals surface area contributed by atoms with Crippen LogP contribution in [0.15, 0.2) is 0 Å². The maximum absolute atomic E-state index is 11.8. The number of carbonyl (C=O) groups is 1. The molecule has 94 valence electrons. The molecular weight excluding hydrogens is 204 g/mol. The van der Waals surface area contributed by atoms with Crippen LogP contribution >= 0.6 is 0 Å². The highest BCUT2D eigenvalue weighted by Gasteiger charge is 2.38. The molecule has 0 heterocycles. The summed E-state index contributed by atoms with van der Waals surface area (Å²) in [5.74, 6) is 0. The van der Waals surface area contributed by atoms with Crippen LogP contribution in [0.2, 0.25) is 0 Å². The minimum Gasteiger partial charge on any atom is -0.444 e. The number of ether oxygens (including phenoxy) is 1. The summed E-state index contributed by atoms with van der Waals surface area (Å²) in [6, 6.07) is 0. The number of hydrogen-bond donors (Lipinski definition) is 1. The molecule has 1 rings (SSSR count). The minimum atomic E-state index is -0.426. The maximum Gasteiger partial charge on any atom is 0.410 e. The summed E-state index contributed by atoms with van der Waals surface area (Å²) in [5.41, 5.74) is 5.57. The van der Waals surface area contributed by atoms with Crippen LogP contribution in [0.25, 0.3) is 0 Å². The smallest absolute Gasteiger partial charge is 0.410 e. The van der Waals surface area contributed by atoms with E-state index < -0.39 is 5.60 Å². The van der Waals surface area contributed by atoms with Gasteiger partial charge in [-0.3, -0.25) is 0 Å². The summed E-state index contributed by atoms with van der Waals surface area (Å²) >= 11 is 0. The van der Waals surface area contributed by atoms with Crippen LogP contribution in [-0.4, -0.2) is 35.2 Å². The van der Waals surface area contributed by atoms with Crippen molar-refractivity contribution in [2.24, 2.45) is 5.73 Å². The SMILES string of the molecule is CCN(CCC1(N)CC1)C(=O)OC(C)(C)C. The molecule has 0 atom stereocenters. The van der Waals surface area contributed by atoms with Gasteiger partial charge in [-0.2, -0.15) is 0 Å². The first-order valence-electron chi connectivity index (χ1n) is 6.02. The number of hydrogen-bond acceptors (Lipinski definition) is 3. The Kier molecular flexibility index (Phi) is 3.84. The highest BCUT2D eigenvalue weighted by atomic mass is 16.6.